The third-order valence-corrected chi connectivity index (χ3v) is 9.89. The second kappa shape index (κ2) is 16.5. The third kappa shape index (κ3) is 8.27. The predicted octanol–water partition coefficient (Wildman–Crippen LogP) is 5.09. The van der Waals surface area contributed by atoms with Gasteiger partial charge in [-0.1, -0.05) is 23.2 Å². The molecule has 2 aromatic carbocycles. The average Bonchev–Trinajstić information content (AvgIpc) is 3.69. The molecule has 2 aliphatic carbocycles. The Morgan fingerprint density at radius 3 is 1.78 bits per heavy atom. The molecule has 4 heterocycles. The van der Waals surface area contributed by atoms with Crippen molar-refractivity contribution in [1.29, 1.82) is 0 Å². The van der Waals surface area contributed by atoms with Crippen LogP contribution in [0.2, 0.25) is 10.0 Å². The summed E-state index contributed by atoms with van der Waals surface area (Å²) in [6.45, 7) is 0. The lowest BCUT2D eigenvalue weighted by Gasteiger charge is -2.17. The maximum atomic E-state index is 11.7. The maximum absolute atomic E-state index is 11.7. The molecule has 0 saturated heterocycles. The number of fused-ring (bicyclic) bond motifs is 6. The van der Waals surface area contributed by atoms with E-state index in [1.165, 1.54) is 0 Å². The molecular formula is C36H35Cl2IN12O4. The van der Waals surface area contributed by atoms with E-state index in [2.05, 4.69) is 58.0 Å². The first-order valence-electron chi connectivity index (χ1n) is 16.6. The van der Waals surface area contributed by atoms with Crippen molar-refractivity contribution in [2.24, 2.45) is 25.6 Å². The number of aromatic nitrogens is 8. The van der Waals surface area contributed by atoms with Crippen LogP contribution in [0.4, 0.5) is 17.3 Å². The lowest BCUT2D eigenvalue weighted by Crippen LogP contribution is -2.16. The average molecular weight is 898 g/mol. The van der Waals surface area contributed by atoms with Gasteiger partial charge in [0.05, 0.1) is 47.0 Å². The number of rotatable bonds is 6. The number of anilines is 3. The van der Waals surface area contributed by atoms with Gasteiger partial charge in [-0.15, -0.1) is 0 Å². The van der Waals surface area contributed by atoms with Crippen LogP contribution in [0.15, 0.2) is 48.8 Å². The second-order valence-corrected chi connectivity index (χ2v) is 14.1. The monoisotopic (exact) mass is 896 g/mol. The van der Waals surface area contributed by atoms with Gasteiger partial charge in [-0.05, 0) is 73.2 Å². The highest BCUT2D eigenvalue weighted by molar-refractivity contribution is 14.1. The van der Waals surface area contributed by atoms with Gasteiger partial charge < -0.3 is 32.0 Å². The number of nitrogens with one attached hydrogen (secondary N) is 1. The van der Waals surface area contributed by atoms with Crippen molar-refractivity contribution in [2.45, 2.75) is 25.7 Å². The first kappa shape index (κ1) is 39.2. The summed E-state index contributed by atoms with van der Waals surface area (Å²) in [6.07, 6.45) is 6.59. The molecule has 19 heteroatoms. The number of nitrogens with two attached hydrogens (primary N) is 3. The smallest absolute Gasteiger partial charge is 0.269 e. The molecule has 2 aliphatic rings. The van der Waals surface area contributed by atoms with Crippen molar-refractivity contribution in [3.63, 3.8) is 0 Å². The molecular weight excluding hydrogens is 862 g/mol. The number of benzene rings is 2. The molecule has 0 bridgehead atoms. The zero-order valence-electron chi connectivity index (χ0n) is 30.0. The normalized spacial score (nSPS) is 12.0. The van der Waals surface area contributed by atoms with E-state index in [1.807, 2.05) is 12.3 Å². The Kier molecular flexibility index (Phi) is 11.7. The van der Waals surface area contributed by atoms with E-state index in [0.717, 1.165) is 70.0 Å². The van der Waals surface area contributed by atoms with Crippen LogP contribution in [-0.2, 0) is 39.8 Å². The minimum Gasteiger partial charge on any atom is -0.495 e. The predicted molar refractivity (Wildman–Crippen MR) is 217 cm³/mol. The Morgan fingerprint density at radius 2 is 1.27 bits per heavy atom. The maximum Gasteiger partial charge on any atom is 0.269 e. The number of methoxy groups -OCH3 is 2. The Morgan fingerprint density at radius 1 is 0.764 bits per heavy atom. The second-order valence-electron chi connectivity index (χ2n) is 12.3. The SMILES string of the molecule is COc1ccc(N)cc1Cl.COc1ccc(Nc2ncc3c(n2)-c2c(c(C(N)=O)nn2C)CC3)cc1Cl.Cn1nc(C(N)=O)c2c1-c1nc(I)ncc1CC2. The highest BCUT2D eigenvalue weighted by Crippen LogP contribution is 2.36. The zero-order valence-corrected chi connectivity index (χ0v) is 33.7. The van der Waals surface area contributed by atoms with Crippen molar-refractivity contribution < 1.29 is 19.1 Å². The standard InChI is InChI=1S/C18H17ClN6O2.C11H10IN5O.C7H8ClNO/c1-25-16-11(15(24-25)17(20)26)5-3-9-8-21-18(23-14(9)16)22-10-4-6-13(27-2)12(19)7-10;1-17-9-6(8(16-17)10(13)18)3-2-5-4-14-11(12)15-7(5)9;1-10-7-3-2-5(9)4-6(7)8/h4,6-8H,3,5H2,1-2H3,(H2,20,26)(H,21,22,23);4H,2-3H2,1H3,(H2,13,18);2-4H,9H2,1H3. The van der Waals surface area contributed by atoms with Crippen molar-refractivity contribution in [2.75, 3.05) is 25.3 Å². The molecule has 0 fully saturated rings. The number of hydrogen-bond acceptors (Lipinski definition) is 12. The molecule has 284 valence electrons. The lowest BCUT2D eigenvalue weighted by molar-refractivity contribution is 0.0985. The number of carbonyl (C=O) groups excluding carboxylic acids is 2. The van der Waals surface area contributed by atoms with Crippen molar-refractivity contribution in [3.05, 3.63) is 96.3 Å². The molecule has 0 saturated carbocycles. The summed E-state index contributed by atoms with van der Waals surface area (Å²) in [5.74, 6) is 0.641. The molecule has 6 aromatic rings. The Hall–Kier alpha value is -5.53. The van der Waals surface area contributed by atoms with Crippen molar-refractivity contribution in [3.8, 4) is 34.3 Å². The van der Waals surface area contributed by atoms with E-state index in [4.69, 9.17) is 49.9 Å². The minimum absolute atomic E-state index is 0.299. The molecule has 7 N–H and O–H groups in total. The molecule has 0 unspecified atom stereocenters. The van der Waals surface area contributed by atoms with E-state index in [0.29, 0.717) is 54.8 Å². The van der Waals surface area contributed by atoms with E-state index in [1.54, 1.807) is 74.2 Å². The number of hydrogen-bond donors (Lipinski definition) is 4. The van der Waals surface area contributed by atoms with Gasteiger partial charge in [0.15, 0.2) is 15.2 Å². The lowest BCUT2D eigenvalue weighted by atomic mass is 9.93. The van der Waals surface area contributed by atoms with Gasteiger partial charge in [-0.2, -0.15) is 10.2 Å². The van der Waals surface area contributed by atoms with Gasteiger partial charge in [0.1, 0.15) is 11.5 Å². The summed E-state index contributed by atoms with van der Waals surface area (Å²) in [4.78, 5) is 40.7. The van der Waals surface area contributed by atoms with Gasteiger partial charge in [0.25, 0.3) is 11.8 Å². The van der Waals surface area contributed by atoms with Gasteiger partial charge in [0.2, 0.25) is 5.95 Å². The highest BCUT2D eigenvalue weighted by atomic mass is 127. The molecule has 0 radical (unpaired) electrons. The summed E-state index contributed by atoms with van der Waals surface area (Å²) < 4.78 is 14.1. The minimum atomic E-state index is -0.532. The molecule has 0 spiro atoms. The summed E-state index contributed by atoms with van der Waals surface area (Å²) in [7, 11) is 6.71. The first-order valence-corrected chi connectivity index (χ1v) is 18.4. The summed E-state index contributed by atoms with van der Waals surface area (Å²) in [5.41, 5.74) is 25.4. The molecule has 2 amide bonds. The first-order chi connectivity index (χ1) is 26.3. The van der Waals surface area contributed by atoms with Crippen LogP contribution in [0.5, 0.6) is 11.5 Å². The van der Waals surface area contributed by atoms with Crippen LogP contribution in [-0.4, -0.2) is 65.5 Å². The van der Waals surface area contributed by atoms with Crippen molar-refractivity contribution in [1.82, 2.24) is 39.5 Å². The van der Waals surface area contributed by atoms with Crippen LogP contribution in [0, 0.1) is 3.83 Å². The molecule has 16 nitrogen and oxygen atoms in total. The van der Waals surface area contributed by atoms with E-state index in [-0.39, 0.29) is 0 Å². The van der Waals surface area contributed by atoms with Gasteiger partial charge >= 0.3 is 0 Å². The Balaban J connectivity index is 0.000000157. The van der Waals surface area contributed by atoms with Crippen LogP contribution < -0.4 is 32.0 Å². The quantitative estimate of drug-likeness (QED) is 0.0974. The fraction of sp³-hybridized carbons (Fsp3) is 0.222. The van der Waals surface area contributed by atoms with Crippen LogP contribution in [0.25, 0.3) is 22.8 Å². The number of nitrogen functional groups attached to an aromatic ring is 1. The van der Waals surface area contributed by atoms with Crippen LogP contribution >= 0.6 is 45.8 Å². The Labute approximate surface area is 338 Å². The number of nitrogens with zero attached hydrogens (tertiary/aromatic N) is 8. The molecule has 0 aliphatic heterocycles. The Bertz CT molecular complexity index is 2450. The van der Waals surface area contributed by atoms with Gasteiger partial charge in [-0.25, -0.2) is 19.9 Å². The number of halogens is 3. The number of aryl methyl sites for hydroxylation is 4. The largest absolute Gasteiger partial charge is 0.495 e. The number of carbonyl (C=O) groups is 2. The molecule has 8 rings (SSSR count). The molecule has 55 heavy (non-hydrogen) atoms. The summed E-state index contributed by atoms with van der Waals surface area (Å²) in [6, 6.07) is 10.5. The zero-order chi connectivity index (χ0) is 39.6. The number of ether oxygens (including phenoxy) is 2. The van der Waals surface area contributed by atoms with E-state index in [9.17, 15) is 9.59 Å². The topological polar surface area (TPSA) is 230 Å². The molecule has 4 aromatic heterocycles. The summed E-state index contributed by atoms with van der Waals surface area (Å²) >= 11 is 14.0. The highest BCUT2D eigenvalue weighted by Gasteiger charge is 2.29. The van der Waals surface area contributed by atoms with Crippen LogP contribution in [0.1, 0.15) is 43.2 Å². The van der Waals surface area contributed by atoms with E-state index >= 15 is 0 Å². The van der Waals surface area contributed by atoms with Gasteiger partial charge in [-0.3, -0.25) is 19.0 Å². The number of amides is 2. The fourth-order valence-electron chi connectivity index (χ4n) is 6.30. The van der Waals surface area contributed by atoms with Crippen molar-refractivity contribution >= 4 is 74.9 Å². The number of primary amides is 2. The third-order valence-electron chi connectivity index (χ3n) is 8.78. The summed E-state index contributed by atoms with van der Waals surface area (Å²) in [5, 5.41) is 12.6. The molecule has 0 atom stereocenters. The fourth-order valence-corrected chi connectivity index (χ4v) is 7.21. The van der Waals surface area contributed by atoms with Crippen LogP contribution in [0.3, 0.4) is 0 Å². The van der Waals surface area contributed by atoms with Gasteiger partial charge in [0, 0.05) is 71.6 Å². The van der Waals surface area contributed by atoms with E-state index < -0.39 is 11.8 Å².